The van der Waals surface area contributed by atoms with Crippen molar-refractivity contribution >= 4 is 11.6 Å². The van der Waals surface area contributed by atoms with Gasteiger partial charge in [-0.2, -0.15) is 0 Å². The SMILES string of the molecule is CCC(CC)Nc1nc(C)nc(NN)c1C. The van der Waals surface area contributed by atoms with Crippen molar-refractivity contribution in [2.24, 2.45) is 5.84 Å². The summed E-state index contributed by atoms with van der Waals surface area (Å²) in [6.45, 7) is 8.14. The standard InChI is InChI=1S/C11H21N5/c1-5-9(6-2)15-10-7(3)11(16-12)14-8(4)13-10/h9H,5-6,12H2,1-4H3,(H2,13,14,15,16). The Balaban J connectivity index is 2.98. The van der Waals surface area contributed by atoms with Crippen molar-refractivity contribution in [3.63, 3.8) is 0 Å². The van der Waals surface area contributed by atoms with Crippen molar-refractivity contribution in [1.29, 1.82) is 0 Å². The molecule has 0 bridgehead atoms. The largest absolute Gasteiger partial charge is 0.367 e. The number of nitrogens with two attached hydrogens (primary N) is 1. The van der Waals surface area contributed by atoms with Crippen molar-refractivity contribution in [1.82, 2.24) is 9.97 Å². The van der Waals surface area contributed by atoms with Crippen LogP contribution < -0.4 is 16.6 Å². The number of anilines is 2. The van der Waals surface area contributed by atoms with E-state index < -0.39 is 0 Å². The van der Waals surface area contributed by atoms with Crippen LogP contribution in [-0.2, 0) is 0 Å². The molecule has 0 radical (unpaired) electrons. The lowest BCUT2D eigenvalue weighted by Crippen LogP contribution is -2.20. The van der Waals surface area contributed by atoms with Crippen LogP contribution in [-0.4, -0.2) is 16.0 Å². The molecule has 90 valence electrons. The second-order valence-corrected chi connectivity index (χ2v) is 3.90. The van der Waals surface area contributed by atoms with E-state index in [4.69, 9.17) is 5.84 Å². The molecular weight excluding hydrogens is 202 g/mol. The van der Waals surface area contributed by atoms with E-state index in [9.17, 15) is 0 Å². The number of hydrazine groups is 1. The molecule has 1 aromatic rings. The summed E-state index contributed by atoms with van der Waals surface area (Å²) < 4.78 is 0. The average Bonchev–Trinajstić information content (AvgIpc) is 2.29. The molecule has 1 heterocycles. The van der Waals surface area contributed by atoms with Crippen LogP contribution >= 0.6 is 0 Å². The molecule has 5 nitrogen and oxygen atoms in total. The first-order valence-corrected chi connectivity index (χ1v) is 5.70. The molecule has 0 saturated carbocycles. The molecule has 0 aliphatic rings. The average molecular weight is 223 g/mol. The van der Waals surface area contributed by atoms with E-state index in [1.807, 2.05) is 13.8 Å². The maximum Gasteiger partial charge on any atom is 0.148 e. The van der Waals surface area contributed by atoms with Crippen LogP contribution in [0.5, 0.6) is 0 Å². The van der Waals surface area contributed by atoms with Crippen LogP contribution in [0.15, 0.2) is 0 Å². The van der Waals surface area contributed by atoms with Gasteiger partial charge in [0, 0.05) is 11.6 Å². The third kappa shape index (κ3) is 2.82. The van der Waals surface area contributed by atoms with Crippen LogP contribution in [0.2, 0.25) is 0 Å². The zero-order valence-corrected chi connectivity index (χ0v) is 10.5. The van der Waals surface area contributed by atoms with Crippen molar-refractivity contribution in [2.45, 2.75) is 46.6 Å². The van der Waals surface area contributed by atoms with E-state index in [2.05, 4.69) is 34.6 Å². The predicted molar refractivity (Wildman–Crippen MR) is 67.3 cm³/mol. The highest BCUT2D eigenvalue weighted by Gasteiger charge is 2.11. The van der Waals surface area contributed by atoms with Gasteiger partial charge in [0.25, 0.3) is 0 Å². The molecule has 0 spiro atoms. The second kappa shape index (κ2) is 5.65. The highest BCUT2D eigenvalue weighted by atomic mass is 15.3. The zero-order chi connectivity index (χ0) is 12.1. The van der Waals surface area contributed by atoms with E-state index in [-0.39, 0.29) is 0 Å². The molecule has 5 heteroatoms. The van der Waals surface area contributed by atoms with E-state index in [0.29, 0.717) is 17.7 Å². The number of aryl methyl sites for hydroxylation is 1. The van der Waals surface area contributed by atoms with Crippen LogP contribution in [0.1, 0.15) is 38.1 Å². The van der Waals surface area contributed by atoms with Crippen LogP contribution in [0.3, 0.4) is 0 Å². The molecule has 1 aromatic heterocycles. The summed E-state index contributed by atoms with van der Waals surface area (Å²) in [4.78, 5) is 8.62. The van der Waals surface area contributed by atoms with Gasteiger partial charge in [-0.3, -0.25) is 0 Å². The van der Waals surface area contributed by atoms with Gasteiger partial charge in [-0.05, 0) is 26.7 Å². The smallest absolute Gasteiger partial charge is 0.148 e. The number of nitrogen functional groups attached to an aromatic ring is 1. The number of nitrogens with one attached hydrogen (secondary N) is 2. The number of hydrogen-bond donors (Lipinski definition) is 3. The molecule has 0 aromatic carbocycles. The third-order valence-electron chi connectivity index (χ3n) is 2.72. The highest BCUT2D eigenvalue weighted by Crippen LogP contribution is 2.20. The van der Waals surface area contributed by atoms with Crippen molar-refractivity contribution in [3.05, 3.63) is 11.4 Å². The Morgan fingerprint density at radius 1 is 1.12 bits per heavy atom. The molecule has 16 heavy (non-hydrogen) atoms. The predicted octanol–water partition coefficient (Wildman–Crippen LogP) is 1.98. The summed E-state index contributed by atoms with van der Waals surface area (Å²) in [5.41, 5.74) is 3.55. The van der Waals surface area contributed by atoms with Gasteiger partial charge in [0.05, 0.1) is 0 Å². The van der Waals surface area contributed by atoms with Gasteiger partial charge in [0.1, 0.15) is 17.5 Å². The highest BCUT2D eigenvalue weighted by molar-refractivity contribution is 5.56. The van der Waals surface area contributed by atoms with Crippen molar-refractivity contribution < 1.29 is 0 Å². The minimum absolute atomic E-state index is 0.443. The minimum Gasteiger partial charge on any atom is -0.367 e. The molecule has 0 saturated heterocycles. The molecular formula is C11H21N5. The second-order valence-electron chi connectivity index (χ2n) is 3.90. The molecule has 0 fully saturated rings. The lowest BCUT2D eigenvalue weighted by atomic mass is 10.1. The normalized spacial score (nSPS) is 10.6. The molecule has 0 aliphatic carbocycles. The van der Waals surface area contributed by atoms with Gasteiger partial charge >= 0.3 is 0 Å². The summed E-state index contributed by atoms with van der Waals surface area (Å²) in [5, 5.41) is 3.42. The minimum atomic E-state index is 0.443. The van der Waals surface area contributed by atoms with Gasteiger partial charge < -0.3 is 10.7 Å². The monoisotopic (exact) mass is 223 g/mol. The Morgan fingerprint density at radius 2 is 1.69 bits per heavy atom. The van der Waals surface area contributed by atoms with Crippen molar-refractivity contribution in [2.75, 3.05) is 10.7 Å². The zero-order valence-electron chi connectivity index (χ0n) is 10.5. The van der Waals surface area contributed by atoms with Crippen molar-refractivity contribution in [3.8, 4) is 0 Å². The summed E-state index contributed by atoms with van der Waals surface area (Å²) in [6.07, 6.45) is 2.15. The fourth-order valence-electron chi connectivity index (χ4n) is 1.60. The topological polar surface area (TPSA) is 75.9 Å². The van der Waals surface area contributed by atoms with Gasteiger partial charge in [0.15, 0.2) is 0 Å². The van der Waals surface area contributed by atoms with E-state index in [0.717, 1.165) is 24.2 Å². The molecule has 0 unspecified atom stereocenters. The Hall–Kier alpha value is -1.36. The fraction of sp³-hybridized carbons (Fsp3) is 0.636. The number of nitrogens with zero attached hydrogens (tertiary/aromatic N) is 2. The van der Waals surface area contributed by atoms with Gasteiger partial charge in [-0.25, -0.2) is 15.8 Å². The van der Waals surface area contributed by atoms with Gasteiger partial charge in [-0.1, -0.05) is 13.8 Å². The summed E-state index contributed by atoms with van der Waals surface area (Å²) >= 11 is 0. The number of hydrogen-bond acceptors (Lipinski definition) is 5. The molecule has 4 N–H and O–H groups in total. The van der Waals surface area contributed by atoms with Gasteiger partial charge in [-0.15, -0.1) is 0 Å². The van der Waals surface area contributed by atoms with Crippen LogP contribution in [0, 0.1) is 13.8 Å². The van der Waals surface area contributed by atoms with Crippen LogP contribution in [0.25, 0.3) is 0 Å². The molecule has 0 amide bonds. The third-order valence-corrected chi connectivity index (χ3v) is 2.72. The first kappa shape index (κ1) is 12.7. The van der Waals surface area contributed by atoms with E-state index in [1.165, 1.54) is 0 Å². The Labute approximate surface area is 96.8 Å². The molecule has 0 aliphatic heterocycles. The number of aromatic nitrogens is 2. The first-order chi connectivity index (χ1) is 7.62. The summed E-state index contributed by atoms with van der Waals surface area (Å²) in [5.74, 6) is 7.68. The maximum absolute atomic E-state index is 5.42. The van der Waals surface area contributed by atoms with Gasteiger partial charge in [0.2, 0.25) is 0 Å². The molecule has 1 rings (SSSR count). The maximum atomic E-state index is 5.42. The summed E-state index contributed by atoms with van der Waals surface area (Å²) in [7, 11) is 0. The van der Waals surface area contributed by atoms with E-state index in [1.54, 1.807) is 0 Å². The van der Waals surface area contributed by atoms with Crippen LogP contribution in [0.4, 0.5) is 11.6 Å². The fourth-order valence-corrected chi connectivity index (χ4v) is 1.60. The number of rotatable bonds is 5. The molecule has 0 atom stereocenters. The quantitative estimate of drug-likeness (QED) is 0.525. The first-order valence-electron chi connectivity index (χ1n) is 5.70. The Kier molecular flexibility index (Phi) is 4.49. The lowest BCUT2D eigenvalue weighted by molar-refractivity contribution is 0.667. The summed E-state index contributed by atoms with van der Waals surface area (Å²) in [6, 6.07) is 0.443. The lowest BCUT2D eigenvalue weighted by Gasteiger charge is -2.18. The Bertz CT molecular complexity index is 346. The Morgan fingerprint density at radius 3 is 2.19 bits per heavy atom. The van der Waals surface area contributed by atoms with E-state index >= 15 is 0 Å².